The highest BCUT2D eigenvalue weighted by Gasteiger charge is 1.98. The van der Waals surface area contributed by atoms with Crippen LogP contribution in [0.4, 0.5) is 0 Å². The van der Waals surface area contributed by atoms with Gasteiger partial charge in [0.15, 0.2) is 0 Å². The van der Waals surface area contributed by atoms with Crippen molar-refractivity contribution in [2.24, 2.45) is 0 Å². The first-order chi connectivity index (χ1) is 15.6. The lowest BCUT2D eigenvalue weighted by molar-refractivity contribution is -0.138. The molecule has 0 fully saturated rings. The summed E-state index contributed by atoms with van der Waals surface area (Å²) < 4.78 is 9.83. The zero-order valence-corrected chi connectivity index (χ0v) is 18.1. The third-order valence-electron chi connectivity index (χ3n) is 4.28. The Morgan fingerprint density at radius 3 is 1.41 bits per heavy atom. The SMILES string of the molecule is C=CC(=O)OCCCC#Cc1ccc(-c2ccc(C#CCCCOC(=O)C=C)cc2)cc1. The van der Waals surface area contributed by atoms with Gasteiger partial charge in [0, 0.05) is 36.1 Å². The van der Waals surface area contributed by atoms with E-state index in [1.54, 1.807) is 0 Å². The fourth-order valence-electron chi connectivity index (χ4n) is 2.61. The quantitative estimate of drug-likeness (QED) is 0.243. The van der Waals surface area contributed by atoms with E-state index >= 15 is 0 Å². The molecule has 0 N–H and O–H groups in total. The minimum Gasteiger partial charge on any atom is -0.463 e. The molecule has 0 aromatic heterocycles. The summed E-state index contributed by atoms with van der Waals surface area (Å²) >= 11 is 0. The Balaban J connectivity index is 1.80. The lowest BCUT2D eigenvalue weighted by Gasteiger charge is -2.02. The minimum absolute atomic E-state index is 0.351. The van der Waals surface area contributed by atoms with E-state index in [-0.39, 0.29) is 0 Å². The van der Waals surface area contributed by atoms with E-state index < -0.39 is 11.9 Å². The molecule has 0 amide bonds. The molecule has 2 aromatic carbocycles. The van der Waals surface area contributed by atoms with E-state index in [0.717, 1.165) is 34.4 Å². The van der Waals surface area contributed by atoms with E-state index in [1.165, 1.54) is 0 Å². The van der Waals surface area contributed by atoms with Crippen LogP contribution in [0.5, 0.6) is 0 Å². The zero-order valence-electron chi connectivity index (χ0n) is 18.1. The molecule has 0 spiro atoms. The molecular formula is C28H26O4. The number of carbonyl (C=O) groups excluding carboxylic acids is 2. The second kappa shape index (κ2) is 14.1. The Hall–Kier alpha value is -4.02. The van der Waals surface area contributed by atoms with Crippen LogP contribution in [0.15, 0.2) is 73.8 Å². The number of esters is 2. The molecule has 0 bridgehead atoms. The smallest absolute Gasteiger partial charge is 0.330 e. The van der Waals surface area contributed by atoms with Crippen LogP contribution in [0.3, 0.4) is 0 Å². The van der Waals surface area contributed by atoms with Gasteiger partial charge in [0.2, 0.25) is 0 Å². The van der Waals surface area contributed by atoms with Crippen LogP contribution < -0.4 is 0 Å². The van der Waals surface area contributed by atoms with Gasteiger partial charge in [-0.05, 0) is 48.2 Å². The summed E-state index contributed by atoms with van der Waals surface area (Å²) in [5.41, 5.74) is 4.10. The van der Waals surface area contributed by atoms with Crippen LogP contribution in [-0.4, -0.2) is 25.2 Å². The Morgan fingerprint density at radius 2 is 1.06 bits per heavy atom. The fourth-order valence-corrected chi connectivity index (χ4v) is 2.61. The van der Waals surface area contributed by atoms with Crippen molar-refractivity contribution >= 4 is 11.9 Å². The molecule has 4 heteroatoms. The molecule has 0 heterocycles. The van der Waals surface area contributed by atoms with Gasteiger partial charge in [0.25, 0.3) is 0 Å². The van der Waals surface area contributed by atoms with Gasteiger partial charge in [0.05, 0.1) is 13.2 Å². The third kappa shape index (κ3) is 9.20. The first kappa shape index (κ1) is 24.3. The summed E-state index contributed by atoms with van der Waals surface area (Å²) in [4.78, 5) is 21.9. The average molecular weight is 427 g/mol. The maximum Gasteiger partial charge on any atom is 0.330 e. The summed E-state index contributed by atoms with van der Waals surface area (Å²) in [7, 11) is 0. The van der Waals surface area contributed by atoms with Crippen molar-refractivity contribution in [2.45, 2.75) is 25.7 Å². The molecule has 0 atom stereocenters. The molecule has 0 unspecified atom stereocenters. The highest BCUT2D eigenvalue weighted by atomic mass is 16.5. The first-order valence-corrected chi connectivity index (χ1v) is 10.4. The van der Waals surface area contributed by atoms with Crippen LogP contribution in [0.1, 0.15) is 36.8 Å². The number of unbranched alkanes of at least 4 members (excludes halogenated alkanes) is 2. The number of hydrogen-bond acceptors (Lipinski definition) is 4. The number of benzene rings is 2. The number of carbonyl (C=O) groups is 2. The van der Waals surface area contributed by atoms with Gasteiger partial charge in [0.1, 0.15) is 0 Å². The van der Waals surface area contributed by atoms with Crippen molar-refractivity contribution in [3.05, 3.63) is 85.0 Å². The van der Waals surface area contributed by atoms with Gasteiger partial charge in [-0.3, -0.25) is 0 Å². The van der Waals surface area contributed by atoms with E-state index in [9.17, 15) is 9.59 Å². The second-order valence-electron chi connectivity index (χ2n) is 6.71. The van der Waals surface area contributed by atoms with Crippen molar-refractivity contribution in [3.8, 4) is 34.8 Å². The van der Waals surface area contributed by atoms with Crippen molar-refractivity contribution < 1.29 is 19.1 Å². The van der Waals surface area contributed by atoms with Gasteiger partial charge < -0.3 is 9.47 Å². The van der Waals surface area contributed by atoms with Gasteiger partial charge in [-0.2, -0.15) is 0 Å². The molecule has 162 valence electrons. The van der Waals surface area contributed by atoms with E-state index in [1.807, 2.05) is 48.5 Å². The molecule has 0 saturated carbocycles. The number of ether oxygens (including phenoxy) is 2. The second-order valence-corrected chi connectivity index (χ2v) is 6.71. The van der Waals surface area contributed by atoms with E-state index in [4.69, 9.17) is 9.47 Å². The summed E-state index contributed by atoms with van der Waals surface area (Å²) in [5.74, 6) is 11.6. The van der Waals surface area contributed by atoms with E-state index in [0.29, 0.717) is 38.9 Å². The van der Waals surface area contributed by atoms with Gasteiger partial charge in [-0.15, -0.1) is 0 Å². The Kier molecular flexibility index (Phi) is 10.7. The topological polar surface area (TPSA) is 52.6 Å². The molecule has 32 heavy (non-hydrogen) atoms. The predicted octanol–water partition coefficient (Wildman–Crippen LogP) is 5.08. The van der Waals surface area contributed by atoms with Gasteiger partial charge in [-0.1, -0.05) is 61.1 Å². The van der Waals surface area contributed by atoms with Crippen molar-refractivity contribution in [3.63, 3.8) is 0 Å². The molecule has 0 aliphatic rings. The van der Waals surface area contributed by atoms with Crippen LogP contribution in [0, 0.1) is 23.7 Å². The Bertz CT molecular complexity index is 952. The normalized spacial score (nSPS) is 9.38. The summed E-state index contributed by atoms with van der Waals surface area (Å²) in [6.45, 7) is 7.41. The highest BCUT2D eigenvalue weighted by molar-refractivity contribution is 5.81. The standard InChI is InChI=1S/C28H26O4/c1-3-27(29)31-21-9-5-7-11-23-13-17-25(18-14-23)26-19-15-24(16-20-26)12-8-6-10-22-32-28(30)4-2/h3-4,13-20H,1-2,5-6,9-10,21-22H2. The van der Waals surface area contributed by atoms with Crippen molar-refractivity contribution in [1.82, 2.24) is 0 Å². The lowest BCUT2D eigenvalue weighted by atomic mass is 10.0. The zero-order chi connectivity index (χ0) is 23.0. The molecular weight excluding hydrogens is 400 g/mol. The van der Waals surface area contributed by atoms with Gasteiger partial charge >= 0.3 is 11.9 Å². The molecule has 0 radical (unpaired) electrons. The molecule has 0 aliphatic heterocycles. The lowest BCUT2D eigenvalue weighted by Crippen LogP contribution is -2.01. The average Bonchev–Trinajstić information content (AvgIpc) is 2.83. The Morgan fingerprint density at radius 1 is 0.688 bits per heavy atom. The Labute approximate surface area is 189 Å². The van der Waals surface area contributed by atoms with Crippen LogP contribution in [-0.2, 0) is 19.1 Å². The molecule has 0 aliphatic carbocycles. The fraction of sp³-hybridized carbons (Fsp3) is 0.214. The third-order valence-corrected chi connectivity index (χ3v) is 4.28. The van der Waals surface area contributed by atoms with Gasteiger partial charge in [-0.25, -0.2) is 9.59 Å². The number of hydrogen-bond donors (Lipinski definition) is 0. The van der Waals surface area contributed by atoms with E-state index in [2.05, 4.69) is 36.8 Å². The van der Waals surface area contributed by atoms with Crippen molar-refractivity contribution in [2.75, 3.05) is 13.2 Å². The monoisotopic (exact) mass is 426 g/mol. The maximum atomic E-state index is 10.9. The van der Waals surface area contributed by atoms with Crippen LogP contribution >= 0.6 is 0 Å². The highest BCUT2D eigenvalue weighted by Crippen LogP contribution is 2.20. The first-order valence-electron chi connectivity index (χ1n) is 10.4. The summed E-state index contributed by atoms with van der Waals surface area (Å²) in [6.07, 6.45) is 5.03. The van der Waals surface area contributed by atoms with Crippen molar-refractivity contribution in [1.29, 1.82) is 0 Å². The summed E-state index contributed by atoms with van der Waals surface area (Å²) in [6, 6.07) is 16.1. The largest absolute Gasteiger partial charge is 0.463 e. The van der Waals surface area contributed by atoms with Crippen LogP contribution in [0.2, 0.25) is 0 Å². The molecule has 0 saturated heterocycles. The maximum absolute atomic E-state index is 10.9. The molecule has 2 rings (SSSR count). The molecule has 4 nitrogen and oxygen atoms in total. The number of rotatable bonds is 9. The predicted molar refractivity (Wildman–Crippen MR) is 126 cm³/mol. The summed E-state index contributed by atoms with van der Waals surface area (Å²) in [5, 5.41) is 0. The minimum atomic E-state index is -0.405. The van der Waals surface area contributed by atoms with Crippen LogP contribution in [0.25, 0.3) is 11.1 Å². The molecule has 2 aromatic rings.